The smallest absolute Gasteiger partial charge is 0.137 e. The van der Waals surface area contributed by atoms with Crippen LogP contribution in [-0.4, -0.2) is 47.1 Å². The third kappa shape index (κ3) is 3.16. The quantitative estimate of drug-likeness (QED) is 0.799. The highest BCUT2D eigenvalue weighted by molar-refractivity contribution is 6.30. The maximum atomic E-state index is 6.32. The predicted octanol–water partition coefficient (Wildman–Crippen LogP) is 3.24. The minimum atomic E-state index is 0.545. The standard InChI is InChI=1S/C16H25ClN4/c1-4-11(2)20-7-9-21(10-8-20)16-12(3)14(17)18-15(19-16)13-5-6-13/h11,13H,4-10H2,1-3H3. The summed E-state index contributed by atoms with van der Waals surface area (Å²) in [6.07, 6.45) is 3.63. The second-order valence-electron chi connectivity index (χ2n) is 6.38. The van der Waals surface area contributed by atoms with Gasteiger partial charge in [-0.15, -0.1) is 0 Å². The van der Waals surface area contributed by atoms with Gasteiger partial charge in [-0.05, 0) is 33.1 Å². The number of hydrogen-bond donors (Lipinski definition) is 0. The number of nitrogens with zero attached hydrogens (tertiary/aromatic N) is 4. The molecule has 1 aromatic heterocycles. The number of aromatic nitrogens is 2. The zero-order valence-electron chi connectivity index (χ0n) is 13.3. The van der Waals surface area contributed by atoms with Crippen LogP contribution < -0.4 is 4.90 Å². The third-order valence-corrected chi connectivity index (χ3v) is 5.22. The maximum Gasteiger partial charge on any atom is 0.137 e. The van der Waals surface area contributed by atoms with Crippen molar-refractivity contribution in [2.45, 2.75) is 52.0 Å². The van der Waals surface area contributed by atoms with Crippen molar-refractivity contribution in [3.05, 3.63) is 16.5 Å². The molecule has 2 heterocycles. The number of piperazine rings is 1. The number of halogens is 1. The van der Waals surface area contributed by atoms with E-state index in [0.717, 1.165) is 43.4 Å². The normalized spacial score (nSPS) is 21.6. The number of hydrogen-bond acceptors (Lipinski definition) is 4. The van der Waals surface area contributed by atoms with Crippen LogP contribution in [0.5, 0.6) is 0 Å². The van der Waals surface area contributed by atoms with Crippen LogP contribution in [0.4, 0.5) is 5.82 Å². The van der Waals surface area contributed by atoms with E-state index in [4.69, 9.17) is 16.6 Å². The molecule has 21 heavy (non-hydrogen) atoms. The summed E-state index contributed by atoms with van der Waals surface area (Å²) >= 11 is 6.32. The summed E-state index contributed by atoms with van der Waals surface area (Å²) in [5.74, 6) is 2.55. The molecule has 0 radical (unpaired) electrons. The van der Waals surface area contributed by atoms with E-state index >= 15 is 0 Å². The zero-order chi connectivity index (χ0) is 15.0. The van der Waals surface area contributed by atoms with Crippen LogP contribution >= 0.6 is 11.6 Å². The van der Waals surface area contributed by atoms with Crippen molar-refractivity contribution >= 4 is 17.4 Å². The summed E-state index contributed by atoms with van der Waals surface area (Å²) in [5.41, 5.74) is 1.03. The van der Waals surface area contributed by atoms with Gasteiger partial charge in [0.05, 0.1) is 0 Å². The monoisotopic (exact) mass is 308 g/mol. The Balaban J connectivity index is 1.75. The van der Waals surface area contributed by atoms with E-state index < -0.39 is 0 Å². The molecule has 1 aliphatic heterocycles. The Morgan fingerprint density at radius 1 is 1.19 bits per heavy atom. The minimum absolute atomic E-state index is 0.545. The van der Waals surface area contributed by atoms with Gasteiger partial charge < -0.3 is 4.90 Å². The van der Waals surface area contributed by atoms with Crippen LogP contribution in [0.3, 0.4) is 0 Å². The molecule has 1 aliphatic carbocycles. The summed E-state index contributed by atoms with van der Waals surface area (Å²) in [5, 5.41) is 0.631. The van der Waals surface area contributed by atoms with Crippen LogP contribution in [0.15, 0.2) is 0 Å². The lowest BCUT2D eigenvalue weighted by Crippen LogP contribution is -2.50. The molecule has 1 aromatic rings. The molecule has 2 aliphatic rings. The molecule has 2 fully saturated rings. The maximum absolute atomic E-state index is 6.32. The molecule has 0 amide bonds. The van der Waals surface area contributed by atoms with Crippen molar-refractivity contribution in [1.29, 1.82) is 0 Å². The van der Waals surface area contributed by atoms with Gasteiger partial charge in [0.25, 0.3) is 0 Å². The topological polar surface area (TPSA) is 32.3 Å². The number of anilines is 1. The molecular formula is C16H25ClN4. The third-order valence-electron chi connectivity index (χ3n) is 4.85. The van der Waals surface area contributed by atoms with Gasteiger partial charge in [0.2, 0.25) is 0 Å². The predicted molar refractivity (Wildman–Crippen MR) is 87.3 cm³/mol. The highest BCUT2D eigenvalue weighted by Gasteiger charge is 2.29. The fourth-order valence-electron chi connectivity index (χ4n) is 2.96. The van der Waals surface area contributed by atoms with Gasteiger partial charge in [0.15, 0.2) is 0 Å². The lowest BCUT2D eigenvalue weighted by molar-refractivity contribution is 0.192. The Hall–Kier alpha value is -0.870. The molecule has 0 N–H and O–H groups in total. The van der Waals surface area contributed by atoms with Gasteiger partial charge in [-0.25, -0.2) is 9.97 Å². The first-order valence-corrected chi connectivity index (χ1v) is 8.51. The van der Waals surface area contributed by atoms with Crippen molar-refractivity contribution in [2.75, 3.05) is 31.1 Å². The van der Waals surface area contributed by atoms with Crippen molar-refractivity contribution in [3.63, 3.8) is 0 Å². The van der Waals surface area contributed by atoms with Crippen LogP contribution in [0.1, 0.15) is 50.4 Å². The van der Waals surface area contributed by atoms with Gasteiger partial charge in [-0.2, -0.15) is 0 Å². The lowest BCUT2D eigenvalue weighted by Gasteiger charge is -2.38. The summed E-state index contributed by atoms with van der Waals surface area (Å²) in [6, 6.07) is 0.671. The minimum Gasteiger partial charge on any atom is -0.354 e. The van der Waals surface area contributed by atoms with Crippen LogP contribution in [-0.2, 0) is 0 Å². The summed E-state index contributed by atoms with van der Waals surface area (Å²) in [6.45, 7) is 10.9. The SMILES string of the molecule is CCC(C)N1CCN(c2nc(C3CC3)nc(Cl)c2C)CC1. The Morgan fingerprint density at radius 2 is 1.86 bits per heavy atom. The molecule has 0 spiro atoms. The molecule has 4 nitrogen and oxygen atoms in total. The van der Waals surface area contributed by atoms with Crippen LogP contribution in [0, 0.1) is 6.92 Å². The average Bonchev–Trinajstić information content (AvgIpc) is 3.34. The molecule has 116 valence electrons. The van der Waals surface area contributed by atoms with E-state index in [1.165, 1.54) is 19.3 Å². The zero-order valence-corrected chi connectivity index (χ0v) is 14.0. The van der Waals surface area contributed by atoms with Crippen molar-refractivity contribution < 1.29 is 0 Å². The van der Waals surface area contributed by atoms with Gasteiger partial charge in [0, 0.05) is 43.7 Å². The highest BCUT2D eigenvalue weighted by Crippen LogP contribution is 2.40. The molecular weight excluding hydrogens is 284 g/mol. The fraction of sp³-hybridized carbons (Fsp3) is 0.750. The van der Waals surface area contributed by atoms with Crippen LogP contribution in [0.2, 0.25) is 5.15 Å². The average molecular weight is 309 g/mol. The van der Waals surface area contributed by atoms with E-state index in [-0.39, 0.29) is 0 Å². The van der Waals surface area contributed by atoms with Crippen molar-refractivity contribution in [1.82, 2.24) is 14.9 Å². The fourth-order valence-corrected chi connectivity index (χ4v) is 3.13. The highest BCUT2D eigenvalue weighted by atomic mass is 35.5. The molecule has 3 rings (SSSR count). The van der Waals surface area contributed by atoms with Crippen molar-refractivity contribution in [3.8, 4) is 0 Å². The summed E-state index contributed by atoms with van der Waals surface area (Å²) in [7, 11) is 0. The van der Waals surface area contributed by atoms with Gasteiger partial charge in [-0.1, -0.05) is 18.5 Å². The molecule has 1 saturated carbocycles. The van der Waals surface area contributed by atoms with Crippen molar-refractivity contribution in [2.24, 2.45) is 0 Å². The second-order valence-corrected chi connectivity index (χ2v) is 6.73. The van der Waals surface area contributed by atoms with Gasteiger partial charge in [0.1, 0.15) is 16.8 Å². The first-order chi connectivity index (χ1) is 10.1. The molecule has 0 aromatic carbocycles. The van der Waals surface area contributed by atoms with Gasteiger partial charge >= 0.3 is 0 Å². The van der Waals surface area contributed by atoms with E-state index in [0.29, 0.717) is 17.1 Å². The van der Waals surface area contributed by atoms with Gasteiger partial charge in [-0.3, -0.25) is 4.90 Å². The lowest BCUT2D eigenvalue weighted by atomic mass is 10.2. The Morgan fingerprint density at radius 3 is 2.43 bits per heavy atom. The van der Waals surface area contributed by atoms with Crippen LogP contribution in [0.25, 0.3) is 0 Å². The Labute approximate surface area is 132 Å². The van der Waals surface area contributed by atoms with E-state index in [1.807, 2.05) is 6.92 Å². The van der Waals surface area contributed by atoms with E-state index in [1.54, 1.807) is 0 Å². The number of rotatable bonds is 4. The van der Waals surface area contributed by atoms with E-state index in [9.17, 15) is 0 Å². The molecule has 1 unspecified atom stereocenters. The molecule has 1 atom stereocenters. The molecule has 1 saturated heterocycles. The Bertz CT molecular complexity index is 507. The molecule has 0 bridgehead atoms. The first kappa shape index (κ1) is 15.0. The Kier molecular flexibility index (Phi) is 4.36. The summed E-state index contributed by atoms with van der Waals surface area (Å²) < 4.78 is 0. The first-order valence-electron chi connectivity index (χ1n) is 8.13. The largest absolute Gasteiger partial charge is 0.354 e. The summed E-state index contributed by atoms with van der Waals surface area (Å²) in [4.78, 5) is 14.2. The second kappa shape index (κ2) is 6.09. The van der Waals surface area contributed by atoms with E-state index in [2.05, 4.69) is 28.6 Å². The molecule has 5 heteroatoms.